The number of allylic oxidation sites excluding steroid dienone is 1. The van der Waals surface area contributed by atoms with Gasteiger partial charge in [-0.2, -0.15) is 0 Å². The Morgan fingerprint density at radius 2 is 1.75 bits per heavy atom. The standard InChI is InChI=1S/C23H42N2O2Si/c1-9-22(5,6)23(7,10-2)15-13-17-25-20(26)19-24(21(25)27)16-14-18-28(8,11-3)12-4/h10-11H,2-3,9,12-19H2,1,4-8H3. The van der Waals surface area contributed by atoms with Crippen molar-refractivity contribution in [3.8, 4) is 0 Å². The van der Waals surface area contributed by atoms with Gasteiger partial charge in [0.1, 0.15) is 6.54 Å². The SMILES string of the molecule is C=CC(C)(CCCN1C(=O)CN(CCC[Si](C)(C=C)CC)C1=O)C(C)(C)CC. The van der Waals surface area contributed by atoms with Gasteiger partial charge in [-0.25, -0.2) is 4.79 Å². The predicted molar refractivity (Wildman–Crippen MR) is 122 cm³/mol. The van der Waals surface area contributed by atoms with Gasteiger partial charge < -0.3 is 4.90 Å². The number of rotatable bonds is 13. The van der Waals surface area contributed by atoms with Crippen LogP contribution in [0.5, 0.6) is 0 Å². The van der Waals surface area contributed by atoms with Gasteiger partial charge in [0.2, 0.25) is 5.91 Å². The number of carbonyl (C=O) groups excluding carboxylic acids is 2. The molecule has 1 fully saturated rings. The lowest BCUT2D eigenvalue weighted by molar-refractivity contribution is -0.125. The van der Waals surface area contributed by atoms with Gasteiger partial charge in [-0.05, 0) is 30.1 Å². The van der Waals surface area contributed by atoms with E-state index in [2.05, 4.69) is 60.0 Å². The van der Waals surface area contributed by atoms with E-state index < -0.39 is 8.07 Å². The van der Waals surface area contributed by atoms with E-state index >= 15 is 0 Å². The quantitative estimate of drug-likeness (QED) is 0.218. The molecule has 1 saturated heterocycles. The summed E-state index contributed by atoms with van der Waals surface area (Å²) in [7, 11) is -1.38. The fourth-order valence-corrected chi connectivity index (χ4v) is 5.62. The van der Waals surface area contributed by atoms with Gasteiger partial charge in [-0.3, -0.25) is 9.69 Å². The van der Waals surface area contributed by atoms with Crippen molar-refractivity contribution in [1.29, 1.82) is 0 Å². The molecule has 2 unspecified atom stereocenters. The molecule has 0 aliphatic carbocycles. The highest BCUT2D eigenvalue weighted by molar-refractivity contribution is 6.83. The monoisotopic (exact) mass is 406 g/mol. The van der Waals surface area contributed by atoms with Crippen molar-refractivity contribution in [2.45, 2.75) is 78.9 Å². The maximum atomic E-state index is 12.7. The summed E-state index contributed by atoms with van der Waals surface area (Å²) in [5.74, 6) is -0.0562. The summed E-state index contributed by atoms with van der Waals surface area (Å²) in [4.78, 5) is 28.2. The molecule has 1 heterocycles. The topological polar surface area (TPSA) is 40.6 Å². The first kappa shape index (κ1) is 24.7. The number of imide groups is 1. The minimum absolute atomic E-state index is 0.00676. The molecule has 0 saturated carbocycles. The first-order chi connectivity index (χ1) is 13.0. The van der Waals surface area contributed by atoms with Gasteiger partial charge in [0, 0.05) is 13.1 Å². The maximum Gasteiger partial charge on any atom is 0.327 e. The Kier molecular flexibility index (Phi) is 8.73. The number of nitrogens with zero attached hydrogens (tertiary/aromatic N) is 2. The number of hydrogen-bond donors (Lipinski definition) is 0. The van der Waals surface area contributed by atoms with Crippen LogP contribution < -0.4 is 0 Å². The third-order valence-corrected chi connectivity index (χ3v) is 11.7. The van der Waals surface area contributed by atoms with Gasteiger partial charge >= 0.3 is 6.03 Å². The van der Waals surface area contributed by atoms with E-state index in [-0.39, 0.29) is 29.3 Å². The van der Waals surface area contributed by atoms with Gasteiger partial charge in [-0.1, -0.05) is 65.8 Å². The first-order valence-electron chi connectivity index (χ1n) is 10.9. The summed E-state index contributed by atoms with van der Waals surface area (Å²) in [6.07, 6.45) is 5.80. The molecule has 28 heavy (non-hydrogen) atoms. The average Bonchev–Trinajstić information content (AvgIpc) is 2.94. The average molecular weight is 407 g/mol. The summed E-state index contributed by atoms with van der Waals surface area (Å²) < 4.78 is 0. The van der Waals surface area contributed by atoms with E-state index in [4.69, 9.17) is 0 Å². The van der Waals surface area contributed by atoms with E-state index in [9.17, 15) is 9.59 Å². The summed E-state index contributed by atoms with van der Waals surface area (Å²) in [5.41, 5.74) is 2.28. The highest BCUT2D eigenvalue weighted by atomic mass is 28.3. The lowest BCUT2D eigenvalue weighted by Crippen LogP contribution is -2.37. The molecular formula is C23H42N2O2Si. The summed E-state index contributed by atoms with van der Waals surface area (Å²) in [6.45, 7) is 23.0. The molecule has 2 atom stereocenters. The van der Waals surface area contributed by atoms with Crippen molar-refractivity contribution >= 4 is 20.0 Å². The molecule has 0 aromatic heterocycles. The summed E-state index contributed by atoms with van der Waals surface area (Å²) in [5, 5.41) is 0. The molecule has 0 N–H and O–H groups in total. The summed E-state index contributed by atoms with van der Waals surface area (Å²) >= 11 is 0. The minimum Gasteiger partial charge on any atom is -0.315 e. The zero-order chi connectivity index (χ0) is 21.6. The molecule has 0 aromatic rings. The molecule has 1 rings (SSSR count). The maximum absolute atomic E-state index is 12.7. The van der Waals surface area contributed by atoms with Crippen LogP contribution in [0.2, 0.25) is 18.6 Å². The van der Waals surface area contributed by atoms with E-state index in [1.54, 1.807) is 4.90 Å². The van der Waals surface area contributed by atoms with E-state index in [1.807, 2.05) is 6.08 Å². The van der Waals surface area contributed by atoms with E-state index in [1.165, 1.54) is 10.9 Å². The molecule has 1 aliphatic rings. The second kappa shape index (κ2) is 9.90. The van der Waals surface area contributed by atoms with Gasteiger partial charge in [-0.15, -0.1) is 18.9 Å². The lowest BCUT2D eigenvalue weighted by atomic mass is 9.63. The van der Waals surface area contributed by atoms with Crippen LogP contribution in [0.3, 0.4) is 0 Å². The van der Waals surface area contributed by atoms with Crippen LogP contribution in [0.25, 0.3) is 0 Å². The molecule has 3 amide bonds. The van der Waals surface area contributed by atoms with Crippen molar-refractivity contribution in [1.82, 2.24) is 9.80 Å². The normalized spacial score (nSPS) is 19.5. The van der Waals surface area contributed by atoms with E-state index in [0.717, 1.165) is 31.7 Å². The molecule has 1 aliphatic heterocycles. The minimum atomic E-state index is -1.38. The molecule has 0 radical (unpaired) electrons. The second-order valence-corrected chi connectivity index (χ2v) is 14.5. The van der Waals surface area contributed by atoms with Gasteiger partial charge in [0.25, 0.3) is 0 Å². The van der Waals surface area contributed by atoms with Gasteiger partial charge in [0.05, 0.1) is 8.07 Å². The van der Waals surface area contributed by atoms with Gasteiger partial charge in [0.15, 0.2) is 0 Å². The Morgan fingerprint density at radius 1 is 1.11 bits per heavy atom. The first-order valence-corrected chi connectivity index (χ1v) is 13.8. The van der Waals surface area contributed by atoms with Crippen LogP contribution in [0.15, 0.2) is 24.9 Å². The van der Waals surface area contributed by atoms with Crippen LogP contribution in [-0.2, 0) is 4.79 Å². The molecule has 160 valence electrons. The van der Waals surface area contributed by atoms with Crippen LogP contribution in [-0.4, -0.2) is 49.4 Å². The third-order valence-electron chi connectivity index (χ3n) is 7.56. The number of carbonyl (C=O) groups is 2. The molecular weight excluding hydrogens is 364 g/mol. The highest BCUT2D eigenvalue weighted by Crippen LogP contribution is 2.45. The van der Waals surface area contributed by atoms with Crippen molar-refractivity contribution in [3.63, 3.8) is 0 Å². The van der Waals surface area contributed by atoms with E-state index in [0.29, 0.717) is 13.1 Å². The fraction of sp³-hybridized carbons (Fsp3) is 0.739. The smallest absolute Gasteiger partial charge is 0.315 e. The summed E-state index contributed by atoms with van der Waals surface area (Å²) in [6, 6.07) is 2.18. The highest BCUT2D eigenvalue weighted by Gasteiger charge is 2.39. The van der Waals surface area contributed by atoms with Crippen LogP contribution in [0.1, 0.15) is 60.3 Å². The Bertz CT molecular complexity index is 589. The van der Waals surface area contributed by atoms with Crippen LogP contribution in [0.4, 0.5) is 4.79 Å². The van der Waals surface area contributed by atoms with Crippen molar-refractivity contribution in [2.75, 3.05) is 19.6 Å². The fourth-order valence-electron chi connectivity index (χ4n) is 3.81. The second-order valence-electron chi connectivity index (χ2n) is 9.53. The Labute approximate surface area is 174 Å². The number of amides is 3. The number of hydrogen-bond acceptors (Lipinski definition) is 2. The molecule has 0 bridgehead atoms. The molecule has 5 heteroatoms. The Morgan fingerprint density at radius 3 is 2.25 bits per heavy atom. The third kappa shape index (κ3) is 5.59. The van der Waals surface area contributed by atoms with Crippen molar-refractivity contribution in [2.24, 2.45) is 10.8 Å². The molecule has 0 spiro atoms. The number of urea groups is 1. The zero-order valence-corrected chi connectivity index (χ0v) is 20.1. The largest absolute Gasteiger partial charge is 0.327 e. The van der Waals surface area contributed by atoms with Crippen LogP contribution >= 0.6 is 0 Å². The molecule has 0 aromatic carbocycles. The zero-order valence-electron chi connectivity index (χ0n) is 19.1. The molecule has 4 nitrogen and oxygen atoms in total. The van der Waals surface area contributed by atoms with Crippen molar-refractivity contribution < 1.29 is 9.59 Å². The Balaban J connectivity index is 2.58. The van der Waals surface area contributed by atoms with Crippen molar-refractivity contribution in [3.05, 3.63) is 24.9 Å². The predicted octanol–water partition coefficient (Wildman–Crippen LogP) is 5.87. The lowest BCUT2D eigenvalue weighted by Gasteiger charge is -2.42. The van der Waals surface area contributed by atoms with Crippen LogP contribution in [0, 0.1) is 10.8 Å². The Hall–Kier alpha value is -1.36.